The van der Waals surface area contributed by atoms with Gasteiger partial charge in [0, 0.05) is 22.5 Å². The lowest BCUT2D eigenvalue weighted by Crippen LogP contribution is -2.20. The Morgan fingerprint density at radius 3 is 2.36 bits per heavy atom. The Kier molecular flexibility index (Phi) is 7.17. The zero-order valence-corrected chi connectivity index (χ0v) is 18.3. The number of nitrogens with zero attached hydrogens (tertiary/aromatic N) is 3. The predicted molar refractivity (Wildman–Crippen MR) is 117 cm³/mol. The monoisotopic (exact) mass is 477 g/mol. The molecule has 3 rings (SSSR count). The molecule has 33 heavy (non-hydrogen) atoms. The van der Waals surface area contributed by atoms with E-state index in [-0.39, 0.29) is 11.4 Å². The quantitative estimate of drug-likeness (QED) is 0.298. The molecule has 0 spiro atoms. The fourth-order valence-corrected chi connectivity index (χ4v) is 3.02. The van der Waals surface area contributed by atoms with Crippen LogP contribution >= 0.6 is 11.6 Å². The number of carbonyl (C=O) groups excluding carboxylic acids is 1. The molecule has 0 radical (unpaired) electrons. The van der Waals surface area contributed by atoms with Crippen LogP contribution in [0.3, 0.4) is 0 Å². The van der Waals surface area contributed by atoms with E-state index in [2.05, 4.69) is 15.5 Å². The van der Waals surface area contributed by atoms with Gasteiger partial charge in [0.2, 0.25) is 0 Å². The van der Waals surface area contributed by atoms with Crippen molar-refractivity contribution in [1.82, 2.24) is 9.78 Å². The SMILES string of the molecule is CC(C)OC(=O)c1cnn(-c2ccc(/C(=C/Nc3ccc(Cl)cc3)N=N)cc2)c1C(F)(F)F. The van der Waals surface area contributed by atoms with Crippen LogP contribution in [0.5, 0.6) is 0 Å². The Balaban J connectivity index is 1.91. The Morgan fingerprint density at radius 2 is 1.82 bits per heavy atom. The van der Waals surface area contributed by atoms with Gasteiger partial charge in [-0.3, -0.25) is 0 Å². The lowest BCUT2D eigenvalue weighted by Gasteiger charge is -2.14. The Bertz CT molecular complexity index is 1170. The second-order valence-electron chi connectivity index (χ2n) is 7.11. The van der Waals surface area contributed by atoms with E-state index in [0.29, 0.717) is 21.0 Å². The molecule has 2 aromatic carbocycles. The highest BCUT2D eigenvalue weighted by molar-refractivity contribution is 6.30. The van der Waals surface area contributed by atoms with Gasteiger partial charge in [-0.2, -0.15) is 23.4 Å². The van der Waals surface area contributed by atoms with E-state index < -0.39 is 29.5 Å². The van der Waals surface area contributed by atoms with Crippen molar-refractivity contribution in [3.05, 3.63) is 82.8 Å². The van der Waals surface area contributed by atoms with Gasteiger partial charge in [-0.1, -0.05) is 23.7 Å². The van der Waals surface area contributed by atoms with Gasteiger partial charge in [0.1, 0.15) is 11.3 Å². The summed E-state index contributed by atoms with van der Waals surface area (Å²) in [4.78, 5) is 12.1. The fraction of sp³-hybridized carbons (Fsp3) is 0.182. The summed E-state index contributed by atoms with van der Waals surface area (Å²) in [6.07, 6.45) is -3.10. The number of rotatable bonds is 7. The molecule has 0 atom stereocenters. The van der Waals surface area contributed by atoms with Crippen molar-refractivity contribution in [2.75, 3.05) is 5.32 Å². The number of alkyl halides is 3. The molecule has 172 valence electrons. The molecule has 0 amide bonds. The summed E-state index contributed by atoms with van der Waals surface area (Å²) in [5.41, 5.74) is 7.03. The number of halogens is 4. The Hall–Kier alpha value is -3.66. The van der Waals surface area contributed by atoms with Gasteiger partial charge in [-0.05, 0) is 50.2 Å². The average molecular weight is 478 g/mol. The van der Waals surface area contributed by atoms with Crippen molar-refractivity contribution in [3.63, 3.8) is 0 Å². The normalized spacial score (nSPS) is 12.0. The van der Waals surface area contributed by atoms with Crippen molar-refractivity contribution in [2.45, 2.75) is 26.1 Å². The van der Waals surface area contributed by atoms with E-state index in [1.165, 1.54) is 30.5 Å². The molecule has 0 aliphatic carbocycles. The number of nitrogens with one attached hydrogen (secondary N) is 2. The third kappa shape index (κ3) is 5.78. The van der Waals surface area contributed by atoms with Crippen LogP contribution in [-0.2, 0) is 10.9 Å². The lowest BCUT2D eigenvalue weighted by molar-refractivity contribution is -0.143. The average Bonchev–Trinajstić information content (AvgIpc) is 3.21. The van der Waals surface area contributed by atoms with E-state index in [4.69, 9.17) is 21.9 Å². The fourth-order valence-electron chi connectivity index (χ4n) is 2.90. The minimum atomic E-state index is -4.84. The van der Waals surface area contributed by atoms with E-state index in [1.807, 2.05) is 0 Å². The molecule has 0 unspecified atom stereocenters. The Morgan fingerprint density at radius 1 is 1.18 bits per heavy atom. The second kappa shape index (κ2) is 9.86. The molecule has 0 saturated heterocycles. The summed E-state index contributed by atoms with van der Waals surface area (Å²) >= 11 is 5.85. The zero-order valence-electron chi connectivity index (χ0n) is 17.5. The highest BCUT2D eigenvalue weighted by Crippen LogP contribution is 2.34. The number of hydrogen-bond donors (Lipinski definition) is 2. The molecule has 0 saturated carbocycles. The van der Waals surface area contributed by atoms with E-state index in [1.54, 1.807) is 38.1 Å². The third-order valence-electron chi connectivity index (χ3n) is 4.35. The number of carbonyl (C=O) groups is 1. The Labute approximate surface area is 192 Å². The number of hydrogen-bond acceptors (Lipinski definition) is 6. The lowest BCUT2D eigenvalue weighted by atomic mass is 10.1. The van der Waals surface area contributed by atoms with Crippen LogP contribution in [0.15, 0.2) is 66.0 Å². The molecule has 1 heterocycles. The number of anilines is 1. The van der Waals surface area contributed by atoms with Crippen LogP contribution in [0.1, 0.15) is 35.5 Å². The number of ether oxygens (including phenoxy) is 1. The summed E-state index contributed by atoms with van der Waals surface area (Å²) in [7, 11) is 0. The molecule has 2 N–H and O–H groups in total. The van der Waals surface area contributed by atoms with Crippen molar-refractivity contribution < 1.29 is 22.7 Å². The van der Waals surface area contributed by atoms with Crippen LogP contribution in [0.4, 0.5) is 18.9 Å². The van der Waals surface area contributed by atoms with Gasteiger partial charge >= 0.3 is 12.1 Å². The standard InChI is InChI=1S/C22H19ClF3N5O2/c1-13(2)33-21(32)18-11-29-31(20(18)22(24,25)26)17-9-3-14(4-10-17)19(30-27)12-28-16-7-5-15(23)6-8-16/h3-13,27-28H,1-2H3/b19-12-,30-27?. The molecule has 0 aliphatic rings. The number of benzene rings is 2. The minimum absolute atomic E-state index is 0.0738. The van der Waals surface area contributed by atoms with Gasteiger partial charge in [-0.15, -0.1) is 0 Å². The van der Waals surface area contributed by atoms with Crippen molar-refractivity contribution in [2.24, 2.45) is 5.11 Å². The minimum Gasteiger partial charge on any atom is -0.459 e. The van der Waals surface area contributed by atoms with Gasteiger partial charge < -0.3 is 10.1 Å². The number of esters is 1. The van der Waals surface area contributed by atoms with E-state index in [0.717, 1.165) is 6.20 Å². The van der Waals surface area contributed by atoms with Gasteiger partial charge in [0.15, 0.2) is 5.69 Å². The molecule has 11 heteroatoms. The number of aromatic nitrogens is 2. The third-order valence-corrected chi connectivity index (χ3v) is 4.60. The van der Waals surface area contributed by atoms with Gasteiger partial charge in [-0.25, -0.2) is 15.0 Å². The maximum atomic E-state index is 13.7. The summed E-state index contributed by atoms with van der Waals surface area (Å²) in [5, 5.41) is 10.8. The second-order valence-corrected chi connectivity index (χ2v) is 7.55. The molecule has 7 nitrogen and oxygen atoms in total. The van der Waals surface area contributed by atoms with Crippen LogP contribution in [0.25, 0.3) is 11.4 Å². The molecular weight excluding hydrogens is 459 g/mol. The molecule has 0 aliphatic heterocycles. The topological polar surface area (TPSA) is 92.4 Å². The molecular formula is C22H19ClF3N5O2. The van der Waals surface area contributed by atoms with E-state index in [9.17, 15) is 18.0 Å². The van der Waals surface area contributed by atoms with Crippen LogP contribution < -0.4 is 5.32 Å². The summed E-state index contributed by atoms with van der Waals surface area (Å²) in [6, 6.07) is 12.6. The maximum absolute atomic E-state index is 13.7. The molecule has 0 fully saturated rings. The maximum Gasteiger partial charge on any atom is 0.434 e. The first-order valence-corrected chi connectivity index (χ1v) is 10.0. The molecule has 3 aromatic rings. The summed E-state index contributed by atoms with van der Waals surface area (Å²) < 4.78 is 46.8. The molecule has 0 bridgehead atoms. The first-order valence-electron chi connectivity index (χ1n) is 9.67. The van der Waals surface area contributed by atoms with Crippen LogP contribution in [0, 0.1) is 5.53 Å². The first-order chi connectivity index (χ1) is 15.6. The largest absolute Gasteiger partial charge is 0.459 e. The van der Waals surface area contributed by atoms with Gasteiger partial charge in [0.25, 0.3) is 0 Å². The van der Waals surface area contributed by atoms with Crippen molar-refractivity contribution in [3.8, 4) is 5.69 Å². The smallest absolute Gasteiger partial charge is 0.434 e. The highest BCUT2D eigenvalue weighted by Gasteiger charge is 2.41. The van der Waals surface area contributed by atoms with Crippen LogP contribution in [-0.4, -0.2) is 21.9 Å². The van der Waals surface area contributed by atoms with Crippen molar-refractivity contribution >= 4 is 29.0 Å². The van der Waals surface area contributed by atoms with Crippen molar-refractivity contribution in [1.29, 1.82) is 5.53 Å². The highest BCUT2D eigenvalue weighted by atomic mass is 35.5. The van der Waals surface area contributed by atoms with E-state index >= 15 is 0 Å². The van der Waals surface area contributed by atoms with Gasteiger partial charge in [0.05, 0.1) is 18.0 Å². The molecule has 1 aromatic heterocycles. The van der Waals surface area contributed by atoms with Crippen LogP contribution in [0.2, 0.25) is 5.02 Å². The first kappa shape index (κ1) is 24.0. The predicted octanol–water partition coefficient (Wildman–Crippen LogP) is 6.55. The summed E-state index contributed by atoms with van der Waals surface area (Å²) in [5.74, 6) is -1.10. The summed E-state index contributed by atoms with van der Waals surface area (Å²) in [6.45, 7) is 3.08. The zero-order chi connectivity index (χ0) is 24.2.